The van der Waals surface area contributed by atoms with E-state index >= 15 is 0 Å². The smallest absolute Gasteiger partial charge is 0.211 e. The molecule has 1 N–H and O–H groups in total. The number of aromatic amines is 1. The highest BCUT2D eigenvalue weighted by atomic mass is 79.9. The Kier molecular flexibility index (Phi) is 3.32. The molecule has 0 amide bonds. The first-order valence-corrected chi connectivity index (χ1v) is 7.09. The monoisotopic (exact) mass is 339 g/mol. The van der Waals surface area contributed by atoms with E-state index in [4.69, 9.17) is 5.26 Å². The fourth-order valence-electron chi connectivity index (χ4n) is 2.27. The van der Waals surface area contributed by atoms with E-state index in [1.807, 2.05) is 25.1 Å². The highest BCUT2D eigenvalue weighted by molar-refractivity contribution is 9.10. The number of nitrogens with zero attached hydrogens (tertiary/aromatic N) is 2. The van der Waals surface area contributed by atoms with Crippen LogP contribution in [0.25, 0.3) is 11.0 Å². The van der Waals surface area contributed by atoms with E-state index in [2.05, 4.69) is 25.9 Å². The summed E-state index contributed by atoms with van der Waals surface area (Å²) in [4.78, 5) is 19.7. The lowest BCUT2D eigenvalue weighted by molar-refractivity contribution is 0.103. The number of aromatic nitrogens is 2. The molecule has 0 bridgehead atoms. The van der Waals surface area contributed by atoms with Crippen molar-refractivity contribution in [2.24, 2.45) is 0 Å². The van der Waals surface area contributed by atoms with Crippen molar-refractivity contribution in [1.29, 1.82) is 5.26 Å². The maximum Gasteiger partial charge on any atom is 0.211 e. The lowest BCUT2D eigenvalue weighted by atomic mass is 9.98. The third kappa shape index (κ3) is 2.34. The Morgan fingerprint density at radius 1 is 1.24 bits per heavy atom. The fraction of sp³-hybridized carbons (Fsp3) is 0.0625. The molecule has 1 heterocycles. The van der Waals surface area contributed by atoms with Crippen LogP contribution >= 0.6 is 15.9 Å². The summed E-state index contributed by atoms with van der Waals surface area (Å²) in [6, 6.07) is 12.8. The van der Waals surface area contributed by atoms with Crippen LogP contribution in [0.5, 0.6) is 0 Å². The minimum absolute atomic E-state index is 0.0524. The van der Waals surface area contributed by atoms with E-state index in [-0.39, 0.29) is 11.6 Å². The number of aryl methyl sites for hydroxylation is 1. The van der Waals surface area contributed by atoms with Gasteiger partial charge >= 0.3 is 0 Å². The summed E-state index contributed by atoms with van der Waals surface area (Å²) in [5, 5.41) is 8.90. The number of carbonyl (C=O) groups is 1. The zero-order valence-electron chi connectivity index (χ0n) is 11.1. The molecule has 102 valence electrons. The van der Waals surface area contributed by atoms with Crippen LogP contribution in [0.2, 0.25) is 0 Å². The molecule has 21 heavy (non-hydrogen) atoms. The molecule has 5 heteroatoms. The fourth-order valence-corrected chi connectivity index (χ4v) is 2.53. The maximum absolute atomic E-state index is 12.6. The van der Waals surface area contributed by atoms with Crippen molar-refractivity contribution in [2.45, 2.75) is 6.92 Å². The number of imidazole rings is 1. The van der Waals surface area contributed by atoms with E-state index in [1.54, 1.807) is 24.3 Å². The van der Waals surface area contributed by atoms with E-state index in [0.717, 1.165) is 15.6 Å². The number of hydrogen-bond acceptors (Lipinski definition) is 3. The van der Waals surface area contributed by atoms with Crippen LogP contribution in [-0.4, -0.2) is 15.8 Å². The molecule has 0 aliphatic heterocycles. The van der Waals surface area contributed by atoms with Crippen LogP contribution in [0.1, 0.15) is 27.3 Å². The second kappa shape index (κ2) is 5.15. The van der Waals surface area contributed by atoms with E-state index < -0.39 is 0 Å². The van der Waals surface area contributed by atoms with E-state index in [9.17, 15) is 4.79 Å². The van der Waals surface area contributed by atoms with Gasteiger partial charge < -0.3 is 4.98 Å². The summed E-state index contributed by atoms with van der Waals surface area (Å²) in [5.41, 5.74) is 3.42. The molecule has 0 radical (unpaired) electrons. The predicted molar refractivity (Wildman–Crippen MR) is 83.1 cm³/mol. The molecular weight excluding hydrogens is 330 g/mol. The normalized spacial score (nSPS) is 10.5. The predicted octanol–water partition coefficient (Wildman–Crippen LogP) is 3.74. The quantitative estimate of drug-likeness (QED) is 0.723. The minimum Gasteiger partial charge on any atom is -0.329 e. The highest BCUT2D eigenvalue weighted by Gasteiger charge is 2.15. The second-order valence-electron chi connectivity index (χ2n) is 4.67. The highest BCUT2D eigenvalue weighted by Crippen LogP contribution is 2.23. The van der Waals surface area contributed by atoms with E-state index in [1.165, 1.54) is 0 Å². The molecular formula is C16H10BrN3O. The van der Waals surface area contributed by atoms with Crippen LogP contribution in [-0.2, 0) is 0 Å². The lowest BCUT2D eigenvalue weighted by Gasteiger charge is -2.06. The number of carbonyl (C=O) groups excluding carboxylic acids is 1. The number of benzene rings is 2. The number of hydrogen-bond donors (Lipinski definition) is 1. The Hall–Kier alpha value is -2.45. The Bertz CT molecular complexity index is 888. The number of fused-ring (bicyclic) bond motifs is 1. The third-order valence-electron chi connectivity index (χ3n) is 3.36. The summed E-state index contributed by atoms with van der Waals surface area (Å²) < 4.78 is 0.928. The topological polar surface area (TPSA) is 69.5 Å². The van der Waals surface area contributed by atoms with Gasteiger partial charge in [0.25, 0.3) is 0 Å². The van der Waals surface area contributed by atoms with Crippen LogP contribution < -0.4 is 0 Å². The molecule has 4 nitrogen and oxygen atoms in total. The summed E-state index contributed by atoms with van der Waals surface area (Å²) in [7, 11) is 0. The number of rotatable bonds is 2. The van der Waals surface area contributed by atoms with E-state index in [0.29, 0.717) is 16.6 Å². The zero-order chi connectivity index (χ0) is 15.0. The van der Waals surface area contributed by atoms with Gasteiger partial charge in [-0.25, -0.2) is 4.98 Å². The van der Waals surface area contributed by atoms with Gasteiger partial charge in [0.2, 0.25) is 5.82 Å². The Morgan fingerprint density at radius 3 is 2.62 bits per heavy atom. The average Bonchev–Trinajstić information content (AvgIpc) is 2.92. The summed E-state index contributed by atoms with van der Waals surface area (Å²) in [6.45, 7) is 1.84. The molecule has 2 aromatic carbocycles. The van der Waals surface area contributed by atoms with Gasteiger partial charge in [-0.1, -0.05) is 15.9 Å². The SMILES string of the molecule is Cc1c(C(=O)c2ccc(Br)cc2)ccc2[nH]c(C#N)nc12. The molecule has 1 aromatic heterocycles. The Balaban J connectivity index is 2.12. The van der Waals surface area contributed by atoms with Crippen LogP contribution in [0.15, 0.2) is 40.9 Å². The number of ketones is 1. The first-order valence-electron chi connectivity index (χ1n) is 6.30. The second-order valence-corrected chi connectivity index (χ2v) is 5.58. The molecule has 0 saturated carbocycles. The molecule has 3 rings (SSSR count). The molecule has 0 unspecified atom stereocenters. The summed E-state index contributed by atoms with van der Waals surface area (Å²) in [6.07, 6.45) is 0. The molecule has 0 spiro atoms. The Morgan fingerprint density at radius 2 is 1.95 bits per heavy atom. The molecule has 0 aliphatic carbocycles. The zero-order valence-corrected chi connectivity index (χ0v) is 12.7. The minimum atomic E-state index is -0.0524. The van der Waals surface area contributed by atoms with Gasteiger partial charge in [0.1, 0.15) is 6.07 Å². The van der Waals surface area contributed by atoms with Crippen molar-refractivity contribution < 1.29 is 4.79 Å². The lowest BCUT2D eigenvalue weighted by Crippen LogP contribution is -2.03. The number of H-pyrrole nitrogens is 1. The van der Waals surface area contributed by atoms with Crippen molar-refractivity contribution in [3.05, 3.63) is 63.4 Å². The van der Waals surface area contributed by atoms with Crippen LogP contribution in [0, 0.1) is 18.3 Å². The van der Waals surface area contributed by atoms with Gasteiger partial charge in [0.05, 0.1) is 11.0 Å². The van der Waals surface area contributed by atoms with Crippen LogP contribution in [0.4, 0.5) is 0 Å². The first-order chi connectivity index (χ1) is 10.1. The van der Waals surface area contributed by atoms with Gasteiger partial charge in [-0.3, -0.25) is 4.79 Å². The summed E-state index contributed by atoms with van der Waals surface area (Å²) in [5.74, 6) is 0.199. The first kappa shape index (κ1) is 13.5. The standard InChI is InChI=1S/C16H10BrN3O/c1-9-12(16(21)10-2-4-11(17)5-3-10)6-7-13-15(9)20-14(8-18)19-13/h2-7H,1H3,(H,19,20). The van der Waals surface area contributed by atoms with Crippen molar-refractivity contribution in [3.8, 4) is 6.07 Å². The van der Waals surface area contributed by atoms with Crippen molar-refractivity contribution in [2.75, 3.05) is 0 Å². The molecule has 0 atom stereocenters. The summed E-state index contributed by atoms with van der Waals surface area (Å²) >= 11 is 3.35. The number of nitrogens with one attached hydrogen (secondary N) is 1. The molecule has 0 aliphatic rings. The van der Waals surface area contributed by atoms with Gasteiger partial charge in [-0.2, -0.15) is 5.26 Å². The number of nitriles is 1. The van der Waals surface area contributed by atoms with Gasteiger partial charge in [-0.15, -0.1) is 0 Å². The molecule has 0 fully saturated rings. The van der Waals surface area contributed by atoms with Crippen LogP contribution in [0.3, 0.4) is 0 Å². The van der Waals surface area contributed by atoms with Crippen molar-refractivity contribution in [3.63, 3.8) is 0 Å². The Labute approximate surface area is 129 Å². The largest absolute Gasteiger partial charge is 0.329 e. The number of halogens is 1. The van der Waals surface area contributed by atoms with Gasteiger partial charge in [-0.05, 0) is 48.9 Å². The average molecular weight is 340 g/mol. The molecule has 0 saturated heterocycles. The van der Waals surface area contributed by atoms with Crippen molar-refractivity contribution in [1.82, 2.24) is 9.97 Å². The molecule has 3 aromatic rings. The third-order valence-corrected chi connectivity index (χ3v) is 3.89. The van der Waals surface area contributed by atoms with Gasteiger partial charge in [0, 0.05) is 15.6 Å². The van der Waals surface area contributed by atoms with Gasteiger partial charge in [0.15, 0.2) is 5.78 Å². The van der Waals surface area contributed by atoms with Crippen molar-refractivity contribution >= 4 is 32.7 Å². The maximum atomic E-state index is 12.6.